The third-order valence-electron chi connectivity index (χ3n) is 4.02. The smallest absolute Gasteiger partial charge is 0.270 e. The zero-order chi connectivity index (χ0) is 20.8. The van der Waals surface area contributed by atoms with Crippen LogP contribution in [0.3, 0.4) is 0 Å². The first-order valence-electron chi connectivity index (χ1n) is 8.58. The highest BCUT2D eigenvalue weighted by Gasteiger charge is 2.13. The number of hydrogen-bond donors (Lipinski definition) is 1. The number of aryl methyl sites for hydroxylation is 1. The molecule has 3 aromatic rings. The molecule has 3 rings (SSSR count). The number of aromatic nitrogens is 2. The molecule has 1 N–H and O–H groups in total. The molecule has 0 spiro atoms. The Bertz CT molecular complexity index is 1150. The quantitative estimate of drug-likeness (QED) is 0.471. The number of nitriles is 1. The molecule has 29 heavy (non-hydrogen) atoms. The van der Waals surface area contributed by atoms with Gasteiger partial charge in [-0.2, -0.15) is 10.4 Å². The standard InChI is InChI=1S/C19H15N5O4S/c20-12-13-11-14(24(27)28)5-6-15(13)21-18(25)4-1-9-23-19(26)8-7-16(22-23)17-3-2-10-29-17/h2-3,5-8,10-11H,1,4,9H2,(H,21,25). The fourth-order valence-corrected chi connectivity index (χ4v) is 3.30. The van der Waals surface area contributed by atoms with E-state index in [1.54, 1.807) is 6.07 Å². The van der Waals surface area contributed by atoms with Crippen LogP contribution in [0.1, 0.15) is 18.4 Å². The summed E-state index contributed by atoms with van der Waals surface area (Å²) in [6.45, 7) is 0.261. The van der Waals surface area contributed by atoms with E-state index < -0.39 is 4.92 Å². The van der Waals surface area contributed by atoms with Crippen LogP contribution in [-0.2, 0) is 11.3 Å². The van der Waals surface area contributed by atoms with E-state index in [0.29, 0.717) is 12.1 Å². The number of hydrogen-bond acceptors (Lipinski definition) is 7. The Kier molecular flexibility index (Phi) is 6.11. The number of rotatable bonds is 7. The molecular weight excluding hydrogens is 394 g/mol. The van der Waals surface area contributed by atoms with E-state index in [1.807, 2.05) is 23.6 Å². The fourth-order valence-electron chi connectivity index (χ4n) is 2.61. The molecule has 146 valence electrons. The number of benzene rings is 1. The van der Waals surface area contributed by atoms with Crippen LogP contribution in [-0.4, -0.2) is 20.6 Å². The summed E-state index contributed by atoms with van der Waals surface area (Å²) in [6, 6.07) is 12.4. The van der Waals surface area contributed by atoms with Gasteiger partial charge in [-0.1, -0.05) is 6.07 Å². The van der Waals surface area contributed by atoms with Gasteiger partial charge >= 0.3 is 0 Å². The molecule has 0 aliphatic rings. The Morgan fingerprint density at radius 2 is 2.14 bits per heavy atom. The van der Waals surface area contributed by atoms with E-state index in [2.05, 4.69) is 10.4 Å². The summed E-state index contributed by atoms with van der Waals surface area (Å²) in [6.07, 6.45) is 0.459. The number of thiophene rings is 1. The maximum atomic E-state index is 12.2. The largest absolute Gasteiger partial charge is 0.325 e. The molecule has 0 radical (unpaired) electrons. The third-order valence-corrected chi connectivity index (χ3v) is 4.91. The van der Waals surface area contributed by atoms with Crippen LogP contribution in [0.4, 0.5) is 11.4 Å². The molecule has 0 aliphatic carbocycles. The number of nitrogens with one attached hydrogen (secondary N) is 1. The van der Waals surface area contributed by atoms with Crippen LogP contribution >= 0.6 is 11.3 Å². The lowest BCUT2D eigenvalue weighted by Crippen LogP contribution is -2.23. The predicted molar refractivity (Wildman–Crippen MR) is 107 cm³/mol. The van der Waals surface area contributed by atoms with E-state index >= 15 is 0 Å². The van der Waals surface area contributed by atoms with E-state index in [4.69, 9.17) is 5.26 Å². The first kappa shape index (κ1) is 19.9. The average molecular weight is 409 g/mol. The molecule has 0 saturated carbocycles. The van der Waals surface area contributed by atoms with E-state index in [1.165, 1.54) is 34.2 Å². The van der Waals surface area contributed by atoms with Gasteiger partial charge in [0.05, 0.1) is 21.1 Å². The van der Waals surface area contributed by atoms with Gasteiger partial charge in [0.25, 0.3) is 11.2 Å². The molecule has 0 fully saturated rings. The first-order valence-corrected chi connectivity index (χ1v) is 9.46. The van der Waals surface area contributed by atoms with Crippen molar-refractivity contribution in [3.8, 4) is 16.6 Å². The number of nitrogens with zero attached hydrogens (tertiary/aromatic N) is 4. The summed E-state index contributed by atoms with van der Waals surface area (Å²) in [7, 11) is 0. The highest BCUT2D eigenvalue weighted by atomic mass is 32.1. The van der Waals surface area contributed by atoms with Gasteiger partial charge < -0.3 is 5.32 Å². The number of carbonyl (C=O) groups excluding carboxylic acids is 1. The number of non-ortho nitro benzene ring substituents is 1. The van der Waals surface area contributed by atoms with Gasteiger partial charge in [-0.15, -0.1) is 11.3 Å². The number of anilines is 1. The van der Waals surface area contributed by atoms with Crippen LogP contribution in [0.5, 0.6) is 0 Å². The molecule has 9 nitrogen and oxygen atoms in total. The molecule has 0 unspecified atom stereocenters. The summed E-state index contributed by atoms with van der Waals surface area (Å²) in [5.74, 6) is -0.363. The van der Waals surface area contributed by atoms with E-state index in [0.717, 1.165) is 10.9 Å². The van der Waals surface area contributed by atoms with Crippen LogP contribution in [0.2, 0.25) is 0 Å². The molecule has 1 amide bonds. The molecule has 0 atom stereocenters. The van der Waals surface area contributed by atoms with Gasteiger partial charge in [0, 0.05) is 31.2 Å². The van der Waals surface area contributed by atoms with Crippen LogP contribution in [0, 0.1) is 21.4 Å². The van der Waals surface area contributed by atoms with Crippen LogP contribution < -0.4 is 10.9 Å². The summed E-state index contributed by atoms with van der Waals surface area (Å²) < 4.78 is 1.31. The molecule has 2 aromatic heterocycles. The van der Waals surface area contributed by atoms with E-state index in [-0.39, 0.29) is 41.4 Å². The fraction of sp³-hybridized carbons (Fsp3) is 0.158. The Morgan fingerprint density at radius 1 is 1.31 bits per heavy atom. The highest BCUT2D eigenvalue weighted by Crippen LogP contribution is 2.22. The van der Waals surface area contributed by atoms with Gasteiger partial charge in [0.1, 0.15) is 11.8 Å². The molecular formula is C19H15N5O4S. The van der Waals surface area contributed by atoms with Crippen molar-refractivity contribution in [3.63, 3.8) is 0 Å². The van der Waals surface area contributed by atoms with Gasteiger partial charge in [0.2, 0.25) is 5.91 Å². The van der Waals surface area contributed by atoms with Crippen molar-refractivity contribution in [1.29, 1.82) is 5.26 Å². The molecule has 0 saturated heterocycles. The lowest BCUT2D eigenvalue weighted by atomic mass is 10.1. The third kappa shape index (κ3) is 4.91. The molecule has 0 aliphatic heterocycles. The summed E-state index contributed by atoms with van der Waals surface area (Å²) in [4.78, 5) is 35.3. The predicted octanol–water partition coefficient (Wildman–Crippen LogP) is 3.17. The number of nitro groups is 1. The molecule has 0 bridgehead atoms. The van der Waals surface area contributed by atoms with Crippen molar-refractivity contribution in [3.05, 3.63) is 73.9 Å². The summed E-state index contributed by atoms with van der Waals surface area (Å²) >= 11 is 1.52. The Balaban J connectivity index is 1.61. The Hall–Kier alpha value is -3.84. The highest BCUT2D eigenvalue weighted by molar-refractivity contribution is 7.13. The van der Waals surface area contributed by atoms with Gasteiger partial charge in [0.15, 0.2) is 0 Å². The second-order valence-corrected chi connectivity index (χ2v) is 6.96. The lowest BCUT2D eigenvalue weighted by molar-refractivity contribution is -0.384. The summed E-state index contributed by atoms with van der Waals surface area (Å²) in [5, 5.41) is 28.7. The average Bonchev–Trinajstić information content (AvgIpc) is 3.24. The van der Waals surface area contributed by atoms with Gasteiger partial charge in [-0.25, -0.2) is 4.68 Å². The van der Waals surface area contributed by atoms with Gasteiger partial charge in [-0.05, 0) is 30.0 Å². The SMILES string of the molecule is N#Cc1cc([N+](=O)[O-])ccc1NC(=O)CCCn1nc(-c2cccs2)ccc1=O. The number of amides is 1. The molecule has 1 aromatic carbocycles. The summed E-state index contributed by atoms with van der Waals surface area (Å²) in [5.41, 5.74) is 0.421. The second-order valence-electron chi connectivity index (χ2n) is 6.01. The van der Waals surface area contributed by atoms with Gasteiger partial charge in [-0.3, -0.25) is 19.7 Å². The minimum Gasteiger partial charge on any atom is -0.325 e. The van der Waals surface area contributed by atoms with Crippen molar-refractivity contribution in [2.75, 3.05) is 5.32 Å². The molecule has 2 heterocycles. The van der Waals surface area contributed by atoms with E-state index in [9.17, 15) is 19.7 Å². The Morgan fingerprint density at radius 3 is 2.83 bits per heavy atom. The first-order chi connectivity index (χ1) is 14.0. The number of carbonyl (C=O) groups is 1. The maximum Gasteiger partial charge on any atom is 0.270 e. The van der Waals surface area contributed by atoms with Crippen molar-refractivity contribution in [1.82, 2.24) is 9.78 Å². The van der Waals surface area contributed by atoms with Crippen molar-refractivity contribution in [2.45, 2.75) is 19.4 Å². The Labute approximate surface area is 169 Å². The normalized spacial score (nSPS) is 10.3. The monoisotopic (exact) mass is 409 g/mol. The zero-order valence-electron chi connectivity index (χ0n) is 15.1. The second kappa shape index (κ2) is 8.90. The van der Waals surface area contributed by atoms with Crippen molar-refractivity contribution >= 4 is 28.6 Å². The zero-order valence-corrected chi connectivity index (χ0v) is 15.9. The minimum absolute atomic E-state index is 0.00841. The van der Waals surface area contributed by atoms with Crippen molar-refractivity contribution < 1.29 is 9.72 Å². The molecule has 10 heteroatoms. The topological polar surface area (TPSA) is 131 Å². The van der Waals surface area contributed by atoms with Crippen LogP contribution in [0.25, 0.3) is 10.6 Å². The van der Waals surface area contributed by atoms with Crippen molar-refractivity contribution in [2.24, 2.45) is 0 Å². The lowest BCUT2D eigenvalue weighted by Gasteiger charge is -2.08. The maximum absolute atomic E-state index is 12.2. The minimum atomic E-state index is -0.610. The number of nitro benzene ring substituents is 1. The van der Waals surface area contributed by atoms with Crippen LogP contribution in [0.15, 0.2) is 52.6 Å².